The van der Waals surface area contributed by atoms with Gasteiger partial charge in [0.2, 0.25) is 11.8 Å². The molecule has 1 atom stereocenters. The SMILES string of the molecule is Cn1nc(C2CCC(=O)NC2=O)c2ccc(N3CCN(CC4(O)CCN(C(=O)OC(C)(C)C)CC4)CC3)cc21. The third kappa shape index (κ3) is 6.04. The highest BCUT2D eigenvalue weighted by Crippen LogP contribution is 2.33. The first-order valence-corrected chi connectivity index (χ1v) is 13.9. The average molecular weight is 541 g/mol. The molecule has 39 heavy (non-hydrogen) atoms. The third-order valence-electron chi connectivity index (χ3n) is 8.03. The number of carbonyl (C=O) groups is 3. The number of β-amino-alcohol motifs (C(OH)–C–C–N with tert-alkyl or cyclic N) is 1. The maximum absolute atomic E-state index is 12.4. The van der Waals surface area contributed by atoms with E-state index in [2.05, 4.69) is 32.3 Å². The van der Waals surface area contributed by atoms with E-state index in [4.69, 9.17) is 4.74 Å². The van der Waals surface area contributed by atoms with Crippen LogP contribution in [0.1, 0.15) is 58.1 Å². The number of aliphatic hydroxyl groups is 1. The van der Waals surface area contributed by atoms with Crippen molar-refractivity contribution in [1.82, 2.24) is 24.9 Å². The van der Waals surface area contributed by atoms with Crippen LogP contribution in [0.4, 0.5) is 10.5 Å². The molecule has 212 valence electrons. The van der Waals surface area contributed by atoms with Gasteiger partial charge in [-0.1, -0.05) is 0 Å². The Labute approximate surface area is 229 Å². The van der Waals surface area contributed by atoms with Crippen molar-refractivity contribution in [2.24, 2.45) is 7.05 Å². The highest BCUT2D eigenvalue weighted by molar-refractivity contribution is 6.02. The molecule has 3 aliphatic rings. The van der Waals surface area contributed by atoms with E-state index in [-0.39, 0.29) is 17.9 Å². The molecule has 0 radical (unpaired) electrons. The van der Waals surface area contributed by atoms with Gasteiger partial charge >= 0.3 is 6.09 Å². The summed E-state index contributed by atoms with van der Waals surface area (Å²) in [6, 6.07) is 6.23. The zero-order chi connectivity index (χ0) is 27.9. The molecule has 1 aromatic heterocycles. The van der Waals surface area contributed by atoms with Crippen LogP contribution in [-0.2, 0) is 21.4 Å². The molecule has 1 unspecified atom stereocenters. The Hall–Kier alpha value is -3.18. The molecule has 0 bridgehead atoms. The molecule has 11 heteroatoms. The number of piperidine rings is 2. The van der Waals surface area contributed by atoms with Gasteiger partial charge in [-0.15, -0.1) is 0 Å². The number of benzene rings is 1. The fraction of sp³-hybridized carbons (Fsp3) is 0.643. The minimum atomic E-state index is -0.805. The second kappa shape index (κ2) is 10.4. The van der Waals surface area contributed by atoms with Crippen LogP contribution in [0.3, 0.4) is 0 Å². The van der Waals surface area contributed by atoms with Crippen molar-refractivity contribution in [3.63, 3.8) is 0 Å². The summed E-state index contributed by atoms with van der Waals surface area (Å²) >= 11 is 0. The van der Waals surface area contributed by atoms with E-state index in [1.165, 1.54) is 0 Å². The van der Waals surface area contributed by atoms with E-state index in [0.29, 0.717) is 45.3 Å². The molecule has 2 aromatic rings. The predicted octanol–water partition coefficient (Wildman–Crippen LogP) is 1.98. The van der Waals surface area contributed by atoms with Gasteiger partial charge in [0, 0.05) is 70.4 Å². The molecule has 4 heterocycles. The number of hydrogen-bond acceptors (Lipinski definition) is 8. The van der Waals surface area contributed by atoms with E-state index in [9.17, 15) is 19.5 Å². The number of fused-ring (bicyclic) bond motifs is 1. The fourth-order valence-corrected chi connectivity index (χ4v) is 5.85. The van der Waals surface area contributed by atoms with E-state index in [0.717, 1.165) is 48.5 Å². The Morgan fingerprint density at radius 1 is 1.13 bits per heavy atom. The molecule has 2 N–H and O–H groups in total. The number of nitrogens with zero attached hydrogens (tertiary/aromatic N) is 5. The first-order valence-electron chi connectivity index (χ1n) is 13.9. The summed E-state index contributed by atoms with van der Waals surface area (Å²) in [5.41, 5.74) is 1.45. The van der Waals surface area contributed by atoms with Crippen molar-refractivity contribution < 1.29 is 24.2 Å². The Kier molecular flexibility index (Phi) is 7.32. The van der Waals surface area contributed by atoms with Gasteiger partial charge in [-0.3, -0.25) is 24.5 Å². The van der Waals surface area contributed by atoms with Crippen LogP contribution < -0.4 is 10.2 Å². The normalized spacial score (nSPS) is 22.7. The summed E-state index contributed by atoms with van der Waals surface area (Å²) in [5.74, 6) is -0.914. The summed E-state index contributed by atoms with van der Waals surface area (Å²) in [6.45, 7) is 10.5. The fourth-order valence-electron chi connectivity index (χ4n) is 5.85. The number of ether oxygens (including phenoxy) is 1. The lowest BCUT2D eigenvalue weighted by molar-refractivity contribution is -0.134. The second-order valence-electron chi connectivity index (χ2n) is 12.2. The standard InChI is InChI=1S/C28H40N6O5/c1-27(2,3)39-26(37)34-11-9-28(38,10-12-34)18-32-13-15-33(16-14-32)19-5-6-20-22(17-19)31(4)30-24(20)21-7-8-23(35)29-25(21)36/h5-6,17,21,38H,7-16,18H2,1-4H3,(H,29,35,36). The van der Waals surface area contributed by atoms with Gasteiger partial charge in [0.05, 0.1) is 22.7 Å². The molecular formula is C28H40N6O5. The van der Waals surface area contributed by atoms with Crippen molar-refractivity contribution >= 4 is 34.5 Å². The van der Waals surface area contributed by atoms with Crippen molar-refractivity contribution in [2.45, 2.75) is 63.6 Å². The van der Waals surface area contributed by atoms with Gasteiger partial charge < -0.3 is 19.6 Å². The van der Waals surface area contributed by atoms with Crippen LogP contribution in [0.2, 0.25) is 0 Å². The van der Waals surface area contributed by atoms with E-state index >= 15 is 0 Å². The predicted molar refractivity (Wildman–Crippen MR) is 146 cm³/mol. The first-order chi connectivity index (χ1) is 18.4. The maximum Gasteiger partial charge on any atom is 0.410 e. The molecule has 3 fully saturated rings. The van der Waals surface area contributed by atoms with Crippen LogP contribution in [-0.4, -0.2) is 99.6 Å². The topological polar surface area (TPSA) is 120 Å². The van der Waals surface area contributed by atoms with Gasteiger partial charge in [0.15, 0.2) is 0 Å². The van der Waals surface area contributed by atoms with Gasteiger partial charge in [-0.2, -0.15) is 5.10 Å². The van der Waals surface area contributed by atoms with Crippen LogP contribution >= 0.6 is 0 Å². The highest BCUT2D eigenvalue weighted by atomic mass is 16.6. The van der Waals surface area contributed by atoms with Crippen molar-refractivity contribution in [3.05, 3.63) is 23.9 Å². The van der Waals surface area contributed by atoms with Gasteiger partial charge in [-0.05, 0) is 58.2 Å². The van der Waals surface area contributed by atoms with Crippen LogP contribution in [0.5, 0.6) is 0 Å². The monoisotopic (exact) mass is 540 g/mol. The van der Waals surface area contributed by atoms with E-state index in [1.807, 2.05) is 38.6 Å². The molecule has 0 saturated carbocycles. The summed E-state index contributed by atoms with van der Waals surface area (Å²) in [7, 11) is 1.88. The largest absolute Gasteiger partial charge is 0.444 e. The smallest absolute Gasteiger partial charge is 0.410 e. The summed E-state index contributed by atoms with van der Waals surface area (Å²) in [5, 5.41) is 19.3. The number of hydrogen-bond donors (Lipinski definition) is 2. The Morgan fingerprint density at radius 2 is 1.82 bits per heavy atom. The molecule has 0 spiro atoms. The molecule has 3 aliphatic heterocycles. The quantitative estimate of drug-likeness (QED) is 0.565. The van der Waals surface area contributed by atoms with Crippen LogP contribution in [0.25, 0.3) is 10.9 Å². The van der Waals surface area contributed by atoms with Gasteiger partial charge in [0.1, 0.15) is 5.60 Å². The zero-order valence-corrected chi connectivity index (χ0v) is 23.4. The second-order valence-corrected chi connectivity index (χ2v) is 12.2. The van der Waals surface area contributed by atoms with Gasteiger partial charge in [-0.25, -0.2) is 4.79 Å². The summed E-state index contributed by atoms with van der Waals surface area (Å²) < 4.78 is 7.29. The minimum absolute atomic E-state index is 0.226. The summed E-state index contributed by atoms with van der Waals surface area (Å²) in [4.78, 5) is 42.7. The molecule has 0 aliphatic carbocycles. The first kappa shape index (κ1) is 27.4. The Balaban J connectivity index is 1.17. The molecule has 1 aromatic carbocycles. The van der Waals surface area contributed by atoms with E-state index < -0.39 is 17.1 Å². The van der Waals surface area contributed by atoms with E-state index in [1.54, 1.807) is 4.90 Å². The lowest BCUT2D eigenvalue weighted by Gasteiger charge is -2.43. The molecule has 3 amide bonds. The summed E-state index contributed by atoms with van der Waals surface area (Å²) in [6.07, 6.45) is 1.57. The molecule has 3 saturated heterocycles. The Bertz CT molecular complexity index is 1250. The number of imide groups is 1. The number of nitrogens with one attached hydrogen (secondary N) is 1. The molecular weight excluding hydrogens is 500 g/mol. The van der Waals surface area contributed by atoms with Crippen LogP contribution in [0, 0.1) is 0 Å². The number of rotatable bonds is 4. The lowest BCUT2D eigenvalue weighted by atomic mass is 9.90. The number of piperazine rings is 1. The maximum atomic E-state index is 12.4. The number of likely N-dealkylation sites (tertiary alicyclic amines) is 1. The highest BCUT2D eigenvalue weighted by Gasteiger charge is 2.37. The number of aryl methyl sites for hydroxylation is 1. The third-order valence-corrected chi connectivity index (χ3v) is 8.03. The number of aromatic nitrogens is 2. The Morgan fingerprint density at radius 3 is 2.46 bits per heavy atom. The average Bonchev–Trinajstić information content (AvgIpc) is 3.19. The number of anilines is 1. The van der Waals surface area contributed by atoms with Crippen molar-refractivity contribution in [2.75, 3.05) is 50.7 Å². The zero-order valence-electron chi connectivity index (χ0n) is 23.4. The minimum Gasteiger partial charge on any atom is -0.444 e. The lowest BCUT2D eigenvalue weighted by Crippen LogP contribution is -2.56. The van der Waals surface area contributed by atoms with Crippen molar-refractivity contribution in [1.29, 1.82) is 0 Å². The molecule has 5 rings (SSSR count). The van der Waals surface area contributed by atoms with Crippen LogP contribution in [0.15, 0.2) is 18.2 Å². The van der Waals surface area contributed by atoms with Crippen molar-refractivity contribution in [3.8, 4) is 0 Å². The van der Waals surface area contributed by atoms with Gasteiger partial charge in [0.25, 0.3) is 0 Å². The molecule has 11 nitrogen and oxygen atoms in total. The number of amides is 3. The number of carbonyl (C=O) groups excluding carboxylic acids is 3.